The minimum Gasteiger partial charge on any atom is -0.461 e. The van der Waals surface area contributed by atoms with Gasteiger partial charge in [0.2, 0.25) is 11.8 Å². The van der Waals surface area contributed by atoms with Crippen molar-refractivity contribution in [1.29, 1.82) is 0 Å². The fourth-order valence-corrected chi connectivity index (χ4v) is 6.61. The maximum absolute atomic E-state index is 14.1. The third-order valence-electron chi connectivity index (χ3n) is 9.78. The van der Waals surface area contributed by atoms with E-state index < -0.39 is 78.9 Å². The lowest BCUT2D eigenvalue weighted by molar-refractivity contribution is -0.320. The SMILES string of the molecule is CNC(=O)[C@H](CCC(=O)OCc1ccccc1)NC(=O)[C@@H](CO[C@@H]1O[C@@H](C)[C@@H](OCc2ccccc2)[C@@H](OCc2ccccc2)[C@@H]1OCc1ccccc1)NC(=O)OC(C)(C)C. The van der Waals surface area contributed by atoms with Gasteiger partial charge in [0.25, 0.3) is 0 Å². The molecule has 3 N–H and O–H groups in total. The molecule has 3 amide bonds. The molecule has 14 heteroatoms. The van der Waals surface area contributed by atoms with E-state index in [0.717, 1.165) is 22.3 Å². The molecule has 332 valence electrons. The Morgan fingerprint density at radius 1 is 0.597 bits per heavy atom. The van der Waals surface area contributed by atoms with Crippen molar-refractivity contribution in [3.05, 3.63) is 144 Å². The summed E-state index contributed by atoms with van der Waals surface area (Å²) >= 11 is 0. The fraction of sp³-hybridized carbons (Fsp3) is 0.417. The van der Waals surface area contributed by atoms with E-state index >= 15 is 0 Å². The Balaban J connectivity index is 1.37. The summed E-state index contributed by atoms with van der Waals surface area (Å²) in [6, 6.07) is 35.7. The predicted molar refractivity (Wildman–Crippen MR) is 230 cm³/mol. The van der Waals surface area contributed by atoms with E-state index in [4.69, 9.17) is 33.2 Å². The average Bonchev–Trinajstić information content (AvgIpc) is 3.27. The van der Waals surface area contributed by atoms with Crippen molar-refractivity contribution in [3.8, 4) is 0 Å². The number of nitrogens with one attached hydrogen (secondary N) is 3. The summed E-state index contributed by atoms with van der Waals surface area (Å²) in [6.07, 6.45) is -5.12. The third kappa shape index (κ3) is 15.7. The molecule has 0 saturated carbocycles. The van der Waals surface area contributed by atoms with E-state index in [9.17, 15) is 19.2 Å². The van der Waals surface area contributed by atoms with Gasteiger partial charge in [0.1, 0.15) is 42.6 Å². The molecular formula is C48H59N3O11. The van der Waals surface area contributed by atoms with Crippen LogP contribution in [0.15, 0.2) is 121 Å². The number of benzene rings is 4. The number of hydrogen-bond acceptors (Lipinski definition) is 11. The Bertz CT molecular complexity index is 1970. The van der Waals surface area contributed by atoms with Crippen LogP contribution >= 0.6 is 0 Å². The van der Waals surface area contributed by atoms with Gasteiger partial charge in [-0.1, -0.05) is 121 Å². The first kappa shape index (κ1) is 47.4. The van der Waals surface area contributed by atoms with Crippen LogP contribution in [0.3, 0.4) is 0 Å². The Kier molecular flexibility index (Phi) is 18.4. The van der Waals surface area contributed by atoms with Crippen molar-refractivity contribution in [2.75, 3.05) is 13.7 Å². The Labute approximate surface area is 363 Å². The van der Waals surface area contributed by atoms with Gasteiger partial charge in [0.15, 0.2) is 6.29 Å². The number of hydrogen-bond donors (Lipinski definition) is 3. The highest BCUT2D eigenvalue weighted by atomic mass is 16.7. The smallest absolute Gasteiger partial charge is 0.408 e. The van der Waals surface area contributed by atoms with Crippen LogP contribution in [0, 0.1) is 0 Å². The van der Waals surface area contributed by atoms with Gasteiger partial charge in [-0.25, -0.2) is 4.79 Å². The molecule has 7 atom stereocenters. The van der Waals surface area contributed by atoms with Crippen molar-refractivity contribution in [2.45, 2.75) is 115 Å². The lowest BCUT2D eigenvalue weighted by atomic mass is 9.98. The molecule has 0 bridgehead atoms. The maximum Gasteiger partial charge on any atom is 0.408 e. The lowest BCUT2D eigenvalue weighted by Crippen LogP contribution is -2.61. The van der Waals surface area contributed by atoms with Gasteiger partial charge in [-0.15, -0.1) is 0 Å². The number of amides is 3. The summed E-state index contributed by atoms with van der Waals surface area (Å²) in [5.74, 6) is -1.87. The number of ether oxygens (including phenoxy) is 7. The Hall–Kier alpha value is -5.64. The van der Waals surface area contributed by atoms with Crippen molar-refractivity contribution >= 4 is 23.9 Å². The molecule has 14 nitrogen and oxygen atoms in total. The van der Waals surface area contributed by atoms with E-state index in [1.807, 2.05) is 128 Å². The van der Waals surface area contributed by atoms with Crippen LogP contribution in [0.25, 0.3) is 0 Å². The van der Waals surface area contributed by atoms with Crippen LogP contribution in [0.1, 0.15) is 62.8 Å². The quantitative estimate of drug-likeness (QED) is 0.0823. The van der Waals surface area contributed by atoms with Gasteiger partial charge in [0.05, 0.1) is 32.5 Å². The second-order valence-electron chi connectivity index (χ2n) is 15.9. The van der Waals surface area contributed by atoms with Crippen LogP contribution in [0.2, 0.25) is 0 Å². The highest BCUT2D eigenvalue weighted by Crippen LogP contribution is 2.31. The highest BCUT2D eigenvalue weighted by molar-refractivity contribution is 5.91. The number of rotatable bonds is 21. The minimum atomic E-state index is -1.40. The monoisotopic (exact) mass is 853 g/mol. The lowest BCUT2D eigenvalue weighted by Gasteiger charge is -2.45. The first-order valence-electron chi connectivity index (χ1n) is 20.8. The molecular weight excluding hydrogens is 795 g/mol. The van der Waals surface area contributed by atoms with Crippen LogP contribution in [-0.2, 0) is 74.0 Å². The van der Waals surface area contributed by atoms with Gasteiger partial charge >= 0.3 is 12.1 Å². The van der Waals surface area contributed by atoms with E-state index in [-0.39, 0.29) is 39.3 Å². The summed E-state index contributed by atoms with van der Waals surface area (Å²) in [6.45, 7) is 7.22. The first-order chi connectivity index (χ1) is 29.9. The molecule has 1 saturated heterocycles. The molecule has 4 aromatic rings. The topological polar surface area (TPSA) is 169 Å². The second-order valence-corrected chi connectivity index (χ2v) is 15.9. The second kappa shape index (κ2) is 24.1. The molecule has 0 radical (unpaired) electrons. The van der Waals surface area contributed by atoms with Crippen LogP contribution < -0.4 is 16.0 Å². The van der Waals surface area contributed by atoms with Gasteiger partial charge in [-0.3, -0.25) is 14.4 Å². The molecule has 0 aromatic heterocycles. The van der Waals surface area contributed by atoms with Crippen LogP contribution in [0.5, 0.6) is 0 Å². The molecule has 1 heterocycles. The largest absolute Gasteiger partial charge is 0.461 e. The van der Waals surface area contributed by atoms with E-state index in [2.05, 4.69) is 16.0 Å². The summed E-state index contributed by atoms with van der Waals surface area (Å²) in [4.78, 5) is 53.0. The maximum atomic E-state index is 14.1. The summed E-state index contributed by atoms with van der Waals surface area (Å²) in [7, 11) is 1.42. The van der Waals surface area contributed by atoms with Crippen molar-refractivity contribution in [3.63, 3.8) is 0 Å². The summed E-state index contributed by atoms with van der Waals surface area (Å²) in [5.41, 5.74) is 2.69. The first-order valence-corrected chi connectivity index (χ1v) is 20.8. The zero-order valence-electron chi connectivity index (χ0n) is 36.0. The number of carbonyl (C=O) groups excluding carboxylic acids is 4. The molecule has 0 aliphatic carbocycles. The van der Waals surface area contributed by atoms with E-state index in [0.29, 0.717) is 0 Å². The van der Waals surface area contributed by atoms with Crippen molar-refractivity contribution < 1.29 is 52.3 Å². The molecule has 4 aromatic carbocycles. The predicted octanol–water partition coefficient (Wildman–Crippen LogP) is 6.15. The highest BCUT2D eigenvalue weighted by Gasteiger charge is 2.48. The van der Waals surface area contributed by atoms with Crippen molar-refractivity contribution in [2.24, 2.45) is 0 Å². The van der Waals surface area contributed by atoms with E-state index in [1.54, 1.807) is 20.8 Å². The Morgan fingerprint density at radius 2 is 1.06 bits per heavy atom. The van der Waals surface area contributed by atoms with Crippen LogP contribution in [-0.4, -0.2) is 85.9 Å². The average molecular weight is 854 g/mol. The molecule has 1 aliphatic heterocycles. The number of carbonyl (C=O) groups is 4. The minimum absolute atomic E-state index is 0.0614. The molecule has 1 fully saturated rings. The normalized spacial score (nSPS) is 19.7. The molecule has 0 unspecified atom stereocenters. The van der Waals surface area contributed by atoms with E-state index in [1.165, 1.54) is 7.05 Å². The molecule has 1 aliphatic rings. The fourth-order valence-electron chi connectivity index (χ4n) is 6.61. The van der Waals surface area contributed by atoms with Crippen LogP contribution in [0.4, 0.5) is 4.79 Å². The molecule has 5 rings (SSSR count). The zero-order chi connectivity index (χ0) is 44.3. The number of esters is 1. The van der Waals surface area contributed by atoms with Gasteiger partial charge < -0.3 is 49.1 Å². The van der Waals surface area contributed by atoms with Gasteiger partial charge in [0, 0.05) is 13.5 Å². The molecule has 0 spiro atoms. The standard InChI is InChI=1S/C48H59N3O11/c1-33-41(57-29-35-20-12-7-13-21-35)42(58-30-36-22-14-8-15-23-36)43(59-31-37-24-16-9-17-25-37)46(61-33)60-32-39(51-47(55)62-48(2,3)4)45(54)50-38(44(53)49-5)26-27-40(52)56-28-34-18-10-6-11-19-34/h6-25,33,38-39,41-43,46H,26-32H2,1-5H3,(H,49,53)(H,50,54)(H,51,55)/t33-,38-,39+,41+,42+,43-,46+/m0/s1. The summed E-state index contributed by atoms with van der Waals surface area (Å²) in [5, 5.41) is 7.80. The summed E-state index contributed by atoms with van der Waals surface area (Å²) < 4.78 is 43.6. The van der Waals surface area contributed by atoms with Crippen molar-refractivity contribution in [1.82, 2.24) is 16.0 Å². The number of alkyl carbamates (subject to hydrolysis) is 1. The zero-order valence-corrected chi connectivity index (χ0v) is 36.0. The molecule has 62 heavy (non-hydrogen) atoms. The van der Waals surface area contributed by atoms with Gasteiger partial charge in [-0.2, -0.15) is 0 Å². The third-order valence-corrected chi connectivity index (χ3v) is 9.78. The Morgan fingerprint density at radius 3 is 1.55 bits per heavy atom. The van der Waals surface area contributed by atoms with Gasteiger partial charge in [-0.05, 0) is 56.4 Å². The number of likely N-dealkylation sites (N-methyl/N-ethyl adjacent to an activating group) is 1.